The number of hydrogen-bond acceptors (Lipinski definition) is 4. The molecule has 26 heavy (non-hydrogen) atoms. The highest BCUT2D eigenvalue weighted by Crippen LogP contribution is 2.28. The molecule has 142 valence electrons. The Bertz CT molecular complexity index is 802. The molecule has 1 amide bonds. The molecule has 0 unspecified atom stereocenters. The first kappa shape index (κ1) is 18.8. The Labute approximate surface area is 153 Å². The van der Waals surface area contributed by atoms with Crippen molar-refractivity contribution in [2.75, 3.05) is 26.2 Å². The Kier molecular flexibility index (Phi) is 5.34. The van der Waals surface area contributed by atoms with Gasteiger partial charge in [0, 0.05) is 26.2 Å². The van der Waals surface area contributed by atoms with Crippen molar-refractivity contribution in [3.8, 4) is 0 Å². The van der Waals surface area contributed by atoms with E-state index < -0.39 is 27.8 Å². The molecule has 0 aromatic heterocycles. The molecule has 0 aliphatic carbocycles. The van der Waals surface area contributed by atoms with Gasteiger partial charge in [0.25, 0.3) is 5.91 Å². The van der Waals surface area contributed by atoms with E-state index in [4.69, 9.17) is 0 Å². The second-order valence-corrected chi connectivity index (χ2v) is 9.00. The number of carboxylic acids is 1. The first-order chi connectivity index (χ1) is 12.3. The number of benzene rings is 1. The summed E-state index contributed by atoms with van der Waals surface area (Å²) in [7, 11) is -3.74. The van der Waals surface area contributed by atoms with Crippen molar-refractivity contribution in [2.24, 2.45) is 11.8 Å². The molecule has 1 N–H and O–H groups in total. The highest BCUT2D eigenvalue weighted by molar-refractivity contribution is 7.89. The monoisotopic (exact) mass is 380 g/mol. The number of carboxylic acid groups (broad SMARTS) is 1. The van der Waals surface area contributed by atoms with Gasteiger partial charge in [-0.05, 0) is 30.9 Å². The number of carbonyl (C=O) groups is 2. The van der Waals surface area contributed by atoms with Gasteiger partial charge < -0.3 is 10.0 Å². The number of likely N-dealkylation sites (tertiary alicyclic amines) is 1. The summed E-state index contributed by atoms with van der Waals surface area (Å²) in [6.07, 6.45) is 2.65. The minimum Gasteiger partial charge on any atom is -0.481 e. The molecule has 2 aliphatic rings. The number of amides is 1. The lowest BCUT2D eigenvalue weighted by Gasteiger charge is -2.27. The van der Waals surface area contributed by atoms with Crippen molar-refractivity contribution in [1.29, 1.82) is 0 Å². The lowest BCUT2D eigenvalue weighted by molar-refractivity contribution is -0.142. The summed E-state index contributed by atoms with van der Waals surface area (Å²) in [6, 6.07) is 6.22. The van der Waals surface area contributed by atoms with E-state index in [1.54, 1.807) is 19.1 Å². The van der Waals surface area contributed by atoms with Crippen LogP contribution >= 0.6 is 0 Å². The number of piperidine rings is 1. The Morgan fingerprint density at radius 1 is 1.08 bits per heavy atom. The molecule has 7 nitrogen and oxygen atoms in total. The topological polar surface area (TPSA) is 95.0 Å². The molecule has 2 heterocycles. The van der Waals surface area contributed by atoms with Gasteiger partial charge in [0.15, 0.2) is 0 Å². The van der Waals surface area contributed by atoms with Crippen LogP contribution in [0.1, 0.15) is 36.5 Å². The highest BCUT2D eigenvalue weighted by Gasteiger charge is 2.39. The summed E-state index contributed by atoms with van der Waals surface area (Å²) in [5.41, 5.74) is 0.122. The first-order valence-corrected chi connectivity index (χ1v) is 10.4. The second-order valence-electron chi connectivity index (χ2n) is 7.09. The van der Waals surface area contributed by atoms with E-state index in [-0.39, 0.29) is 22.9 Å². The Hall–Kier alpha value is -1.93. The molecule has 1 aromatic carbocycles. The van der Waals surface area contributed by atoms with Gasteiger partial charge in [0.1, 0.15) is 0 Å². The van der Waals surface area contributed by atoms with Crippen LogP contribution in [0.25, 0.3) is 0 Å². The normalized spacial score (nSPS) is 24.6. The Balaban J connectivity index is 1.90. The van der Waals surface area contributed by atoms with E-state index in [1.807, 2.05) is 0 Å². The molecule has 2 fully saturated rings. The van der Waals surface area contributed by atoms with Gasteiger partial charge in [-0.25, -0.2) is 8.42 Å². The fourth-order valence-electron chi connectivity index (χ4n) is 3.74. The van der Waals surface area contributed by atoms with E-state index in [0.717, 1.165) is 19.3 Å². The van der Waals surface area contributed by atoms with Crippen LogP contribution in [-0.2, 0) is 14.8 Å². The molecule has 1 aromatic rings. The van der Waals surface area contributed by atoms with Crippen molar-refractivity contribution < 1.29 is 23.1 Å². The van der Waals surface area contributed by atoms with Gasteiger partial charge in [-0.2, -0.15) is 4.31 Å². The molecule has 2 saturated heterocycles. The standard InChI is InChI=1S/C18H24N2O5S/c1-13-11-19(12-15(13)18(22)23)17(21)14-7-3-4-8-16(14)26(24,25)20-9-5-2-6-10-20/h3-4,7-8,13,15H,2,5-6,9-12H2,1H3,(H,22,23)/t13-,15-/m1/s1. The number of sulfonamides is 1. The van der Waals surface area contributed by atoms with Gasteiger partial charge in [0.2, 0.25) is 10.0 Å². The zero-order valence-corrected chi connectivity index (χ0v) is 15.6. The van der Waals surface area contributed by atoms with Crippen LogP contribution in [0.5, 0.6) is 0 Å². The number of aliphatic carboxylic acids is 1. The average Bonchev–Trinajstić information content (AvgIpc) is 3.04. The lowest BCUT2D eigenvalue weighted by Crippen LogP contribution is -2.37. The van der Waals surface area contributed by atoms with E-state index in [9.17, 15) is 23.1 Å². The number of hydrogen-bond donors (Lipinski definition) is 1. The molecule has 2 atom stereocenters. The number of nitrogens with zero attached hydrogens (tertiary/aromatic N) is 2. The summed E-state index contributed by atoms with van der Waals surface area (Å²) in [4.78, 5) is 25.7. The SMILES string of the molecule is C[C@@H]1CN(C(=O)c2ccccc2S(=O)(=O)N2CCCCC2)C[C@H]1C(=O)O. The zero-order valence-electron chi connectivity index (χ0n) is 14.8. The zero-order chi connectivity index (χ0) is 18.9. The van der Waals surface area contributed by atoms with Crippen molar-refractivity contribution in [3.05, 3.63) is 29.8 Å². The van der Waals surface area contributed by atoms with Gasteiger partial charge in [0.05, 0.1) is 16.4 Å². The second kappa shape index (κ2) is 7.36. The molecular weight excluding hydrogens is 356 g/mol. The maximum Gasteiger partial charge on any atom is 0.308 e. The fraction of sp³-hybridized carbons (Fsp3) is 0.556. The smallest absolute Gasteiger partial charge is 0.308 e. The fourth-order valence-corrected chi connectivity index (χ4v) is 5.44. The van der Waals surface area contributed by atoms with E-state index in [1.165, 1.54) is 21.3 Å². The van der Waals surface area contributed by atoms with Crippen LogP contribution in [0.3, 0.4) is 0 Å². The number of carbonyl (C=O) groups excluding carboxylic acids is 1. The molecule has 2 aliphatic heterocycles. The predicted molar refractivity (Wildman–Crippen MR) is 95.2 cm³/mol. The van der Waals surface area contributed by atoms with Crippen molar-refractivity contribution in [1.82, 2.24) is 9.21 Å². The van der Waals surface area contributed by atoms with Gasteiger partial charge in [-0.15, -0.1) is 0 Å². The minimum absolute atomic E-state index is 0.0123. The third-order valence-corrected chi connectivity index (χ3v) is 7.22. The maximum atomic E-state index is 13.0. The average molecular weight is 380 g/mol. The molecule has 0 bridgehead atoms. The predicted octanol–water partition coefficient (Wildman–Crippen LogP) is 1.65. The van der Waals surface area contributed by atoms with Crippen molar-refractivity contribution in [3.63, 3.8) is 0 Å². The maximum absolute atomic E-state index is 13.0. The van der Waals surface area contributed by atoms with Crippen LogP contribution < -0.4 is 0 Å². The van der Waals surface area contributed by atoms with Crippen molar-refractivity contribution in [2.45, 2.75) is 31.1 Å². The summed E-state index contributed by atoms with van der Waals surface area (Å²) < 4.78 is 27.5. The Morgan fingerprint density at radius 2 is 1.73 bits per heavy atom. The molecule has 0 saturated carbocycles. The molecule has 3 rings (SSSR count). The van der Waals surface area contributed by atoms with Gasteiger partial charge in [-0.3, -0.25) is 9.59 Å². The summed E-state index contributed by atoms with van der Waals surface area (Å²) in [5, 5.41) is 9.27. The van der Waals surface area contributed by atoms with Crippen LogP contribution in [0, 0.1) is 11.8 Å². The van der Waals surface area contributed by atoms with Crippen molar-refractivity contribution >= 4 is 21.9 Å². The third-order valence-electron chi connectivity index (χ3n) is 5.27. The van der Waals surface area contributed by atoms with Gasteiger partial charge in [-0.1, -0.05) is 25.5 Å². The molecule has 0 radical (unpaired) electrons. The first-order valence-electron chi connectivity index (χ1n) is 8.93. The quantitative estimate of drug-likeness (QED) is 0.857. The Morgan fingerprint density at radius 3 is 2.35 bits per heavy atom. The largest absolute Gasteiger partial charge is 0.481 e. The van der Waals surface area contributed by atoms with E-state index in [0.29, 0.717) is 19.6 Å². The van der Waals surface area contributed by atoms with Crippen LogP contribution in [0.4, 0.5) is 0 Å². The lowest BCUT2D eigenvalue weighted by atomic mass is 9.99. The number of rotatable bonds is 4. The van der Waals surface area contributed by atoms with E-state index in [2.05, 4.69) is 0 Å². The summed E-state index contributed by atoms with van der Waals surface area (Å²) >= 11 is 0. The molecular formula is C18H24N2O5S. The van der Waals surface area contributed by atoms with Crippen LogP contribution in [-0.4, -0.2) is 60.8 Å². The van der Waals surface area contributed by atoms with Gasteiger partial charge >= 0.3 is 5.97 Å². The van der Waals surface area contributed by atoms with Crippen LogP contribution in [0.2, 0.25) is 0 Å². The molecule has 0 spiro atoms. The van der Waals surface area contributed by atoms with Crippen LogP contribution in [0.15, 0.2) is 29.2 Å². The summed E-state index contributed by atoms with van der Waals surface area (Å²) in [5.74, 6) is -2.13. The molecule has 8 heteroatoms. The van der Waals surface area contributed by atoms with E-state index >= 15 is 0 Å². The third kappa shape index (κ3) is 3.48. The minimum atomic E-state index is -3.74. The highest BCUT2D eigenvalue weighted by atomic mass is 32.2. The summed E-state index contributed by atoms with van der Waals surface area (Å²) in [6.45, 7) is 3.14.